The second kappa shape index (κ2) is 6.59. The van der Waals surface area contributed by atoms with Gasteiger partial charge in [0.1, 0.15) is 6.73 Å². The van der Waals surface area contributed by atoms with Gasteiger partial charge in [-0.3, -0.25) is 0 Å². The van der Waals surface area contributed by atoms with E-state index < -0.39 is 15.2 Å². The Morgan fingerprint density at radius 1 is 1.08 bits per heavy atom. The quantitative estimate of drug-likeness (QED) is 0.583. The average Bonchev–Trinajstić information content (AvgIpc) is 2.80. The predicted molar refractivity (Wildman–Crippen MR) is 102 cm³/mol. The molecule has 1 aromatic heterocycles. The number of hydrogen-bond donors (Lipinski definition) is 0. The summed E-state index contributed by atoms with van der Waals surface area (Å²) in [5.74, 6) is 0. The first-order chi connectivity index (χ1) is 10.8. The molecule has 0 spiro atoms. The van der Waals surface area contributed by atoms with Gasteiger partial charge >= 0.3 is 7.12 Å². The van der Waals surface area contributed by atoms with E-state index in [-0.39, 0.29) is 11.2 Å². The molecule has 0 unspecified atom stereocenters. The Morgan fingerprint density at radius 3 is 2.12 bits per heavy atom. The second-order valence-corrected chi connectivity index (χ2v) is 14.7. The summed E-state index contributed by atoms with van der Waals surface area (Å²) in [5, 5.41) is 4.71. The van der Waals surface area contributed by atoms with Crippen LogP contribution in [0.1, 0.15) is 39.0 Å². The Morgan fingerprint density at radius 2 is 1.62 bits per heavy atom. The zero-order valence-electron chi connectivity index (χ0n) is 16.8. The van der Waals surface area contributed by atoms with Crippen molar-refractivity contribution in [2.75, 3.05) is 6.61 Å². The minimum absolute atomic E-state index is 0.352. The van der Waals surface area contributed by atoms with Gasteiger partial charge in [0.2, 0.25) is 0 Å². The van der Waals surface area contributed by atoms with E-state index in [1.807, 2.05) is 4.68 Å². The first kappa shape index (κ1) is 19.7. The van der Waals surface area contributed by atoms with Crippen molar-refractivity contribution in [3.8, 4) is 0 Å². The molecule has 1 aromatic rings. The molecule has 24 heavy (non-hydrogen) atoms. The molecule has 1 saturated heterocycles. The van der Waals surface area contributed by atoms with Crippen LogP contribution < -0.4 is 5.59 Å². The smallest absolute Gasteiger partial charge is 0.398 e. The van der Waals surface area contributed by atoms with Crippen molar-refractivity contribution in [3.63, 3.8) is 0 Å². The molecule has 0 saturated carbocycles. The molecular formula is C17H33BN2O3Si. The molecule has 0 N–H and O–H groups in total. The minimum Gasteiger partial charge on any atom is -0.398 e. The number of aromatic nitrogens is 2. The first-order valence-corrected chi connectivity index (χ1v) is 12.5. The van der Waals surface area contributed by atoms with Crippen LogP contribution in [-0.4, -0.2) is 42.8 Å². The Labute approximate surface area is 148 Å². The maximum absolute atomic E-state index is 6.14. The summed E-state index contributed by atoms with van der Waals surface area (Å²) in [6.45, 7) is 20.7. The second-order valence-electron chi connectivity index (χ2n) is 9.03. The van der Waals surface area contributed by atoms with Gasteiger partial charge in [0.05, 0.1) is 16.8 Å². The van der Waals surface area contributed by atoms with Crippen LogP contribution in [0.2, 0.25) is 25.7 Å². The molecule has 2 rings (SSSR count). The van der Waals surface area contributed by atoms with Gasteiger partial charge in [-0.05, 0) is 53.1 Å². The molecule has 0 atom stereocenters. The van der Waals surface area contributed by atoms with Crippen molar-refractivity contribution >= 4 is 20.8 Å². The number of ether oxygens (including phenoxy) is 1. The van der Waals surface area contributed by atoms with Crippen LogP contribution >= 0.6 is 0 Å². The van der Waals surface area contributed by atoms with E-state index in [1.54, 1.807) is 0 Å². The molecule has 0 aromatic carbocycles. The van der Waals surface area contributed by atoms with Gasteiger partial charge in [0, 0.05) is 20.4 Å². The van der Waals surface area contributed by atoms with Crippen molar-refractivity contribution in [1.82, 2.24) is 9.78 Å². The summed E-state index contributed by atoms with van der Waals surface area (Å²) < 4.78 is 20.0. The number of hydrogen-bond acceptors (Lipinski definition) is 4. The lowest BCUT2D eigenvalue weighted by atomic mass is 9.82. The van der Waals surface area contributed by atoms with E-state index in [2.05, 4.69) is 61.2 Å². The zero-order valence-corrected chi connectivity index (χ0v) is 17.8. The van der Waals surface area contributed by atoms with E-state index in [0.717, 1.165) is 29.5 Å². The minimum atomic E-state index is -1.06. The maximum Gasteiger partial charge on any atom is 0.516 e. The first-order valence-electron chi connectivity index (χ1n) is 8.81. The number of rotatable bonds is 6. The summed E-state index contributed by atoms with van der Waals surface area (Å²) in [5.41, 5.74) is 2.38. The molecule has 2 heterocycles. The fraction of sp³-hybridized carbons (Fsp3) is 0.824. The lowest BCUT2D eigenvalue weighted by Gasteiger charge is -2.32. The molecule has 0 aliphatic carbocycles. The van der Waals surface area contributed by atoms with Crippen molar-refractivity contribution in [1.29, 1.82) is 0 Å². The lowest BCUT2D eigenvalue weighted by molar-refractivity contribution is 0.00578. The van der Waals surface area contributed by atoms with Gasteiger partial charge in [0.25, 0.3) is 0 Å². The summed E-state index contributed by atoms with van der Waals surface area (Å²) in [4.78, 5) is 0. The number of nitrogens with zero attached hydrogens (tertiary/aromatic N) is 2. The molecule has 7 heteroatoms. The summed E-state index contributed by atoms with van der Waals surface area (Å²) in [7, 11) is -1.48. The van der Waals surface area contributed by atoms with E-state index in [9.17, 15) is 0 Å². The van der Waals surface area contributed by atoms with Crippen LogP contribution in [0, 0.1) is 13.8 Å². The molecule has 0 amide bonds. The fourth-order valence-electron chi connectivity index (χ4n) is 2.49. The van der Waals surface area contributed by atoms with Crippen molar-refractivity contribution in [2.45, 2.75) is 85.2 Å². The van der Waals surface area contributed by atoms with Gasteiger partial charge in [-0.2, -0.15) is 5.10 Å². The highest BCUT2D eigenvalue weighted by molar-refractivity contribution is 6.76. The Hall–Kier alpha value is -0.628. The van der Waals surface area contributed by atoms with Crippen LogP contribution in [0.15, 0.2) is 0 Å². The zero-order chi connectivity index (χ0) is 18.3. The third kappa shape index (κ3) is 4.12. The monoisotopic (exact) mass is 352 g/mol. The van der Waals surface area contributed by atoms with Crippen LogP contribution in [0.5, 0.6) is 0 Å². The Bertz CT molecular complexity index is 577. The van der Waals surface area contributed by atoms with Gasteiger partial charge in [0.15, 0.2) is 0 Å². The summed E-state index contributed by atoms with van der Waals surface area (Å²) >= 11 is 0. The standard InChI is InChI=1S/C17H33BN2O3Si/c1-13-14(2)20(12-21-10-11-24(7,8)9)19-15(13)18-22-16(3,4)17(5,6)23-18/h10-12H2,1-9H3. The topological polar surface area (TPSA) is 45.5 Å². The SMILES string of the molecule is Cc1c(B2OC(C)(C)C(C)(C)O2)nn(COCC[Si](C)(C)C)c1C. The highest BCUT2D eigenvalue weighted by Crippen LogP contribution is 2.36. The van der Waals surface area contributed by atoms with E-state index in [4.69, 9.17) is 19.1 Å². The molecule has 136 valence electrons. The highest BCUT2D eigenvalue weighted by Gasteiger charge is 2.53. The van der Waals surface area contributed by atoms with Crippen LogP contribution in [0.4, 0.5) is 0 Å². The highest BCUT2D eigenvalue weighted by atomic mass is 28.3. The Kier molecular flexibility index (Phi) is 5.41. The molecule has 1 fully saturated rings. The van der Waals surface area contributed by atoms with Gasteiger partial charge in [-0.15, -0.1) is 0 Å². The van der Waals surface area contributed by atoms with E-state index >= 15 is 0 Å². The largest absolute Gasteiger partial charge is 0.516 e. The molecule has 1 aliphatic heterocycles. The predicted octanol–water partition coefficient (Wildman–Crippen LogP) is 3.11. The van der Waals surface area contributed by atoms with Crippen molar-refractivity contribution < 1.29 is 14.0 Å². The average molecular weight is 352 g/mol. The van der Waals surface area contributed by atoms with Crippen LogP contribution in [-0.2, 0) is 20.8 Å². The molecule has 1 aliphatic rings. The van der Waals surface area contributed by atoms with Crippen molar-refractivity contribution in [3.05, 3.63) is 11.3 Å². The summed E-state index contributed by atoms with van der Waals surface area (Å²) in [6, 6.07) is 1.16. The molecule has 0 bridgehead atoms. The van der Waals surface area contributed by atoms with Crippen LogP contribution in [0.25, 0.3) is 0 Å². The molecular weight excluding hydrogens is 319 g/mol. The Balaban J connectivity index is 2.06. The third-order valence-electron chi connectivity index (χ3n) is 5.23. The fourth-order valence-corrected chi connectivity index (χ4v) is 3.25. The van der Waals surface area contributed by atoms with Gasteiger partial charge in [-0.25, -0.2) is 4.68 Å². The van der Waals surface area contributed by atoms with E-state index in [0.29, 0.717) is 6.73 Å². The summed E-state index contributed by atoms with van der Waals surface area (Å²) in [6.07, 6.45) is 0. The lowest BCUT2D eigenvalue weighted by Crippen LogP contribution is -2.41. The van der Waals surface area contributed by atoms with E-state index in [1.165, 1.54) is 0 Å². The third-order valence-corrected chi connectivity index (χ3v) is 6.93. The maximum atomic E-state index is 6.14. The van der Waals surface area contributed by atoms with Gasteiger partial charge < -0.3 is 14.0 Å². The molecule has 0 radical (unpaired) electrons. The van der Waals surface area contributed by atoms with Crippen LogP contribution in [0.3, 0.4) is 0 Å². The normalized spacial score (nSPS) is 20.0. The van der Waals surface area contributed by atoms with Crippen molar-refractivity contribution in [2.24, 2.45) is 0 Å². The van der Waals surface area contributed by atoms with Gasteiger partial charge in [-0.1, -0.05) is 19.6 Å². The molecule has 5 nitrogen and oxygen atoms in total.